The summed E-state index contributed by atoms with van der Waals surface area (Å²) in [5.74, 6) is 0.818. The average Bonchev–Trinajstić information content (AvgIpc) is 3.61. The van der Waals surface area contributed by atoms with E-state index in [9.17, 15) is 9.59 Å². The van der Waals surface area contributed by atoms with E-state index in [0.717, 1.165) is 25.7 Å². The minimum absolute atomic E-state index is 0.0796. The fourth-order valence-electron chi connectivity index (χ4n) is 4.10. The second-order valence-corrected chi connectivity index (χ2v) is 9.90. The molecule has 0 fully saturated rings. The first-order chi connectivity index (χ1) is 18.3. The van der Waals surface area contributed by atoms with Gasteiger partial charge in [-0.05, 0) is 51.4 Å². The van der Waals surface area contributed by atoms with E-state index in [1.54, 1.807) is 38.4 Å². The third kappa shape index (κ3) is 9.32. The number of esters is 2. The lowest BCUT2D eigenvalue weighted by atomic mass is 9.95. The van der Waals surface area contributed by atoms with Gasteiger partial charge < -0.3 is 18.3 Å². The van der Waals surface area contributed by atoms with Crippen molar-refractivity contribution < 1.29 is 27.9 Å². The molecule has 0 saturated heterocycles. The zero-order valence-corrected chi connectivity index (χ0v) is 22.7. The lowest BCUT2D eigenvalue weighted by molar-refractivity contribution is -0.147. The summed E-state index contributed by atoms with van der Waals surface area (Å²) in [7, 11) is 0. The first-order valence-corrected chi connectivity index (χ1v) is 13.2. The molecule has 8 heteroatoms. The van der Waals surface area contributed by atoms with Crippen molar-refractivity contribution in [2.45, 2.75) is 78.4 Å². The molecule has 0 aliphatic carbocycles. The first kappa shape index (κ1) is 28.9. The number of oxazole rings is 2. The number of hydrogen-bond acceptors (Lipinski definition) is 8. The summed E-state index contributed by atoms with van der Waals surface area (Å²) in [6, 6.07) is 0. The average molecular weight is 523 g/mol. The molecule has 0 spiro atoms. The van der Waals surface area contributed by atoms with Gasteiger partial charge in [0.25, 0.3) is 0 Å². The Hall–Kier alpha value is -3.68. The van der Waals surface area contributed by atoms with Crippen LogP contribution in [-0.4, -0.2) is 34.1 Å². The number of cyclic esters (lactones) is 2. The highest BCUT2D eigenvalue weighted by Crippen LogP contribution is 2.22. The van der Waals surface area contributed by atoms with Gasteiger partial charge in [0.05, 0.1) is 12.4 Å². The van der Waals surface area contributed by atoms with Gasteiger partial charge in [-0.1, -0.05) is 50.3 Å². The molecule has 2 aromatic heterocycles. The maximum Gasteiger partial charge on any atom is 0.334 e. The summed E-state index contributed by atoms with van der Waals surface area (Å²) >= 11 is 0. The Balaban J connectivity index is 1.77. The maximum atomic E-state index is 12.8. The van der Waals surface area contributed by atoms with Gasteiger partial charge in [0.15, 0.2) is 12.8 Å². The van der Waals surface area contributed by atoms with Crippen molar-refractivity contribution in [2.75, 3.05) is 0 Å². The summed E-state index contributed by atoms with van der Waals surface area (Å²) in [6.45, 7) is 7.62. The smallest absolute Gasteiger partial charge is 0.334 e. The minimum Gasteiger partial charge on any atom is -0.458 e. The van der Waals surface area contributed by atoms with Crippen LogP contribution >= 0.6 is 0 Å². The van der Waals surface area contributed by atoms with Gasteiger partial charge in [0.1, 0.15) is 23.7 Å². The highest BCUT2D eigenvalue weighted by atomic mass is 16.5. The molecule has 0 amide bonds. The number of nitrogens with zero attached hydrogens (tertiary/aromatic N) is 2. The van der Waals surface area contributed by atoms with Crippen LogP contribution < -0.4 is 0 Å². The Morgan fingerprint density at radius 2 is 1.16 bits per heavy atom. The second kappa shape index (κ2) is 14.9. The summed E-state index contributed by atoms with van der Waals surface area (Å²) in [4.78, 5) is 33.6. The van der Waals surface area contributed by atoms with Crippen molar-refractivity contribution in [3.63, 3.8) is 0 Å². The van der Waals surface area contributed by atoms with E-state index in [0.29, 0.717) is 35.5 Å². The molecule has 4 atom stereocenters. The Labute approximate surface area is 224 Å². The zero-order chi connectivity index (χ0) is 27.3. The van der Waals surface area contributed by atoms with Crippen molar-refractivity contribution in [3.8, 4) is 0 Å². The highest BCUT2D eigenvalue weighted by Gasteiger charge is 2.25. The number of ether oxygens (including phenoxy) is 2. The lowest BCUT2D eigenvalue weighted by Crippen LogP contribution is -2.28. The van der Waals surface area contributed by atoms with E-state index in [1.807, 2.05) is 24.3 Å². The van der Waals surface area contributed by atoms with Crippen molar-refractivity contribution in [1.82, 2.24) is 9.97 Å². The molecule has 204 valence electrons. The van der Waals surface area contributed by atoms with E-state index >= 15 is 0 Å². The standard InChI is InChI=1S/C30H38N2O6/c1-21-11-7-5-9-13-24(4)30(34)38-28(16-26-18-32-20-36-26)22(2)12-8-6-10-14-23(3)29(33)37-27(21)15-25-17-31-19-35-25/h5-6,9-10,13-14,17-22,27-28H,7-8,11-12,15-16H2,1-4H3/b9-5+,10-6+,23-14+,24-13+/t21-,22-,27-,28-/m1/s1. The van der Waals surface area contributed by atoms with Crippen molar-refractivity contribution >= 4 is 11.9 Å². The zero-order valence-electron chi connectivity index (χ0n) is 22.7. The van der Waals surface area contributed by atoms with E-state index in [-0.39, 0.29) is 36.0 Å². The Bertz CT molecular complexity index is 1040. The van der Waals surface area contributed by atoms with Gasteiger partial charge in [-0.3, -0.25) is 0 Å². The van der Waals surface area contributed by atoms with Crippen LogP contribution in [0.15, 0.2) is 81.6 Å². The molecule has 1 aliphatic rings. The van der Waals surface area contributed by atoms with E-state index in [2.05, 4.69) is 23.8 Å². The van der Waals surface area contributed by atoms with Crippen LogP contribution in [-0.2, 0) is 31.9 Å². The van der Waals surface area contributed by atoms with E-state index < -0.39 is 0 Å². The topological polar surface area (TPSA) is 105 Å². The lowest BCUT2D eigenvalue weighted by Gasteiger charge is -2.23. The summed E-state index contributed by atoms with van der Waals surface area (Å²) in [5.41, 5.74) is 1.05. The number of carbonyl (C=O) groups is 2. The van der Waals surface area contributed by atoms with E-state index in [4.69, 9.17) is 18.3 Å². The Morgan fingerprint density at radius 1 is 0.737 bits per heavy atom. The SMILES string of the molecule is C/C1=C\C=C\CC[C@@H](C)[C@@H](Cc2cnco2)OC(=O)/C(C)=C/C=C/CC[C@@H](C)[C@@H](Cc2cnco2)OC1=O. The van der Waals surface area contributed by atoms with Crippen LogP contribution in [0.25, 0.3) is 0 Å². The minimum atomic E-state index is -0.351. The van der Waals surface area contributed by atoms with Gasteiger partial charge in [-0.15, -0.1) is 0 Å². The maximum absolute atomic E-state index is 12.8. The quantitative estimate of drug-likeness (QED) is 0.442. The van der Waals surface area contributed by atoms with Gasteiger partial charge >= 0.3 is 11.9 Å². The molecule has 0 unspecified atom stereocenters. The predicted octanol–water partition coefficient (Wildman–Crippen LogP) is 6.12. The number of carbonyl (C=O) groups excluding carboxylic acids is 2. The van der Waals surface area contributed by atoms with Gasteiger partial charge in [-0.25, -0.2) is 19.6 Å². The fraction of sp³-hybridized carbons (Fsp3) is 0.467. The van der Waals surface area contributed by atoms with Crippen LogP contribution in [0.2, 0.25) is 0 Å². The van der Waals surface area contributed by atoms with Crippen LogP contribution in [0.1, 0.15) is 64.9 Å². The monoisotopic (exact) mass is 522 g/mol. The third-order valence-corrected chi connectivity index (χ3v) is 6.74. The van der Waals surface area contributed by atoms with Crippen molar-refractivity contribution in [1.29, 1.82) is 0 Å². The first-order valence-electron chi connectivity index (χ1n) is 13.2. The fourth-order valence-corrected chi connectivity index (χ4v) is 4.10. The van der Waals surface area contributed by atoms with Crippen LogP contribution in [0.4, 0.5) is 0 Å². The molecule has 8 nitrogen and oxygen atoms in total. The Kier molecular flexibility index (Phi) is 11.3. The molecule has 0 N–H and O–H groups in total. The van der Waals surface area contributed by atoms with Crippen LogP contribution in [0, 0.1) is 11.8 Å². The summed E-state index contributed by atoms with van der Waals surface area (Å²) in [6.07, 6.45) is 20.6. The Morgan fingerprint density at radius 3 is 1.53 bits per heavy atom. The predicted molar refractivity (Wildman–Crippen MR) is 143 cm³/mol. The molecule has 0 bridgehead atoms. The summed E-state index contributed by atoms with van der Waals surface area (Å²) in [5, 5.41) is 0. The largest absolute Gasteiger partial charge is 0.458 e. The van der Waals surface area contributed by atoms with Crippen molar-refractivity contribution in [2.24, 2.45) is 11.8 Å². The molecule has 2 aromatic rings. The highest BCUT2D eigenvalue weighted by molar-refractivity contribution is 5.88. The number of aromatic nitrogens is 2. The van der Waals surface area contributed by atoms with Crippen LogP contribution in [0.5, 0.6) is 0 Å². The molecule has 1 aliphatic heterocycles. The number of rotatable bonds is 4. The van der Waals surface area contributed by atoms with E-state index in [1.165, 1.54) is 12.8 Å². The molecule has 0 aromatic carbocycles. The van der Waals surface area contributed by atoms with Crippen LogP contribution in [0.3, 0.4) is 0 Å². The molecule has 0 radical (unpaired) electrons. The van der Waals surface area contributed by atoms with Gasteiger partial charge in [0.2, 0.25) is 0 Å². The number of allylic oxidation sites excluding steroid dienone is 6. The van der Waals surface area contributed by atoms with Gasteiger partial charge in [-0.2, -0.15) is 0 Å². The molecule has 38 heavy (non-hydrogen) atoms. The van der Waals surface area contributed by atoms with Crippen molar-refractivity contribution in [3.05, 3.63) is 84.3 Å². The second-order valence-electron chi connectivity index (χ2n) is 9.90. The van der Waals surface area contributed by atoms with Gasteiger partial charge in [0, 0.05) is 24.0 Å². The summed E-state index contributed by atoms with van der Waals surface area (Å²) < 4.78 is 22.6. The number of hydrogen-bond donors (Lipinski definition) is 0. The normalized spacial score (nSPS) is 29.2. The third-order valence-electron chi connectivity index (χ3n) is 6.74. The molecule has 0 saturated carbocycles. The molecular weight excluding hydrogens is 484 g/mol. The molecule has 3 rings (SSSR count). The molecule has 3 heterocycles. The molecular formula is C30H38N2O6.